The second-order valence-electron chi connectivity index (χ2n) is 8.23. The van der Waals surface area contributed by atoms with Crippen molar-refractivity contribution >= 4 is 5.69 Å². The fourth-order valence-corrected chi connectivity index (χ4v) is 4.47. The van der Waals surface area contributed by atoms with E-state index in [0.29, 0.717) is 58.7 Å². The molecule has 3 aromatic heterocycles. The van der Waals surface area contributed by atoms with Crippen LogP contribution in [0.15, 0.2) is 49.1 Å². The third-order valence-electron chi connectivity index (χ3n) is 5.94. The highest BCUT2D eigenvalue weighted by Crippen LogP contribution is 2.46. The summed E-state index contributed by atoms with van der Waals surface area (Å²) in [6, 6.07) is 5.50. The minimum absolute atomic E-state index is 0.0750. The Balaban J connectivity index is 1.79. The molecule has 0 spiro atoms. The van der Waals surface area contributed by atoms with Gasteiger partial charge >= 0.3 is 6.18 Å². The van der Waals surface area contributed by atoms with Gasteiger partial charge in [0.15, 0.2) is 5.69 Å². The second-order valence-corrected chi connectivity index (χ2v) is 8.23. The first-order chi connectivity index (χ1) is 16.8. The van der Waals surface area contributed by atoms with Gasteiger partial charge < -0.3 is 10.4 Å². The fourth-order valence-electron chi connectivity index (χ4n) is 4.47. The van der Waals surface area contributed by atoms with Crippen molar-refractivity contribution in [1.82, 2.24) is 19.7 Å². The van der Waals surface area contributed by atoms with Gasteiger partial charge in [-0.3, -0.25) is 9.97 Å². The van der Waals surface area contributed by atoms with Gasteiger partial charge in [-0.15, -0.1) is 0 Å². The van der Waals surface area contributed by atoms with Crippen molar-refractivity contribution in [2.75, 3.05) is 18.5 Å². The highest BCUT2D eigenvalue weighted by atomic mass is 19.4. The van der Waals surface area contributed by atoms with E-state index >= 15 is 0 Å². The van der Waals surface area contributed by atoms with E-state index < -0.39 is 17.7 Å². The molecule has 0 atom stereocenters. The first-order valence-corrected chi connectivity index (χ1v) is 11.1. The van der Waals surface area contributed by atoms with Gasteiger partial charge in [0.1, 0.15) is 5.82 Å². The normalized spacial score (nSPS) is 12.5. The van der Waals surface area contributed by atoms with Crippen molar-refractivity contribution in [3.05, 3.63) is 77.4 Å². The number of aromatic nitrogens is 4. The van der Waals surface area contributed by atoms with E-state index in [1.807, 2.05) is 6.92 Å². The molecule has 0 saturated heterocycles. The van der Waals surface area contributed by atoms with Gasteiger partial charge in [-0.05, 0) is 54.3 Å². The Kier molecular flexibility index (Phi) is 5.76. The number of aliphatic hydroxyl groups is 1. The summed E-state index contributed by atoms with van der Waals surface area (Å²) in [5, 5.41) is 16.3. The average molecular weight is 483 g/mol. The zero-order valence-corrected chi connectivity index (χ0v) is 18.7. The lowest BCUT2D eigenvalue weighted by molar-refractivity contribution is -0.141. The topological polar surface area (TPSA) is 75.9 Å². The number of anilines is 1. The Hall–Kier alpha value is -3.79. The molecule has 6 nitrogen and oxygen atoms in total. The smallest absolute Gasteiger partial charge is 0.396 e. The summed E-state index contributed by atoms with van der Waals surface area (Å²) in [6.07, 6.45) is 2.17. The number of aliphatic hydroxyl groups excluding tert-OH is 1. The van der Waals surface area contributed by atoms with Crippen molar-refractivity contribution in [3.8, 4) is 27.9 Å². The molecule has 0 unspecified atom stereocenters. The molecule has 0 amide bonds. The van der Waals surface area contributed by atoms with Crippen LogP contribution in [-0.4, -0.2) is 38.0 Å². The minimum Gasteiger partial charge on any atom is -0.396 e. The summed E-state index contributed by atoms with van der Waals surface area (Å²) in [7, 11) is 0. The summed E-state index contributed by atoms with van der Waals surface area (Å²) < 4.78 is 56.0. The second kappa shape index (κ2) is 8.77. The van der Waals surface area contributed by atoms with E-state index in [1.54, 1.807) is 24.7 Å². The number of hydrogen-bond donors (Lipinski definition) is 2. The SMILES string of the molecule is CCNc1cc(F)cc2c1Cc1ncc(-c3cncc(CCO)c3)c(-n3ccc(C(F)(F)F)n3)c1-2. The van der Waals surface area contributed by atoms with Crippen molar-refractivity contribution in [2.45, 2.75) is 25.9 Å². The number of benzene rings is 1. The Morgan fingerprint density at radius 3 is 2.66 bits per heavy atom. The standard InChI is InChI=1S/C25H21F4N5O/c1-2-31-20-9-16(26)8-18-17(20)10-21-23(18)24(34-5-3-22(33-34)25(27,28)29)19(13-32-21)15-7-14(4-6-35)11-30-12-15/h3,5,7-9,11-13,31,35H,2,4,6,10H2,1H3. The van der Waals surface area contributed by atoms with E-state index in [2.05, 4.69) is 20.4 Å². The first kappa shape index (κ1) is 23.0. The van der Waals surface area contributed by atoms with Crippen molar-refractivity contribution in [1.29, 1.82) is 0 Å². The van der Waals surface area contributed by atoms with Gasteiger partial charge in [0, 0.05) is 66.7 Å². The maximum Gasteiger partial charge on any atom is 0.435 e. The molecule has 0 bridgehead atoms. The van der Waals surface area contributed by atoms with Crippen molar-refractivity contribution in [3.63, 3.8) is 0 Å². The van der Waals surface area contributed by atoms with Crippen LogP contribution >= 0.6 is 0 Å². The number of fused-ring (bicyclic) bond motifs is 3. The van der Waals surface area contributed by atoms with Gasteiger partial charge in [0.05, 0.1) is 11.4 Å². The van der Waals surface area contributed by atoms with Crippen LogP contribution in [0.4, 0.5) is 23.2 Å². The monoisotopic (exact) mass is 483 g/mol. The lowest BCUT2D eigenvalue weighted by Gasteiger charge is -2.16. The summed E-state index contributed by atoms with van der Waals surface area (Å²) in [5.41, 5.74) is 4.33. The average Bonchev–Trinajstić information content (AvgIpc) is 3.45. The van der Waals surface area contributed by atoms with Crippen LogP contribution in [0.5, 0.6) is 0 Å². The van der Waals surface area contributed by atoms with Crippen molar-refractivity contribution in [2.24, 2.45) is 0 Å². The van der Waals surface area contributed by atoms with E-state index in [-0.39, 0.29) is 6.61 Å². The van der Waals surface area contributed by atoms with Crippen LogP contribution in [0.3, 0.4) is 0 Å². The molecule has 180 valence electrons. The van der Waals surface area contributed by atoms with Gasteiger partial charge in [0.2, 0.25) is 0 Å². The molecule has 4 aromatic rings. The van der Waals surface area contributed by atoms with Crippen LogP contribution in [0.25, 0.3) is 27.9 Å². The molecule has 2 N–H and O–H groups in total. The predicted octanol–water partition coefficient (Wildman–Crippen LogP) is 5.03. The zero-order valence-electron chi connectivity index (χ0n) is 18.7. The number of alkyl halides is 3. The van der Waals surface area contributed by atoms with Crippen LogP contribution in [-0.2, 0) is 19.0 Å². The summed E-state index contributed by atoms with van der Waals surface area (Å²) in [6.45, 7) is 2.40. The number of nitrogens with zero attached hydrogens (tertiary/aromatic N) is 4. The van der Waals surface area contributed by atoms with Crippen LogP contribution in [0.1, 0.15) is 29.4 Å². The Morgan fingerprint density at radius 2 is 1.94 bits per heavy atom. The van der Waals surface area contributed by atoms with Gasteiger partial charge in [-0.25, -0.2) is 9.07 Å². The molecule has 0 aliphatic heterocycles. The summed E-state index contributed by atoms with van der Waals surface area (Å²) in [5.74, 6) is -0.466. The van der Waals surface area contributed by atoms with Crippen LogP contribution in [0.2, 0.25) is 0 Å². The summed E-state index contributed by atoms with van der Waals surface area (Å²) in [4.78, 5) is 8.84. The molecule has 1 aliphatic carbocycles. The third-order valence-corrected chi connectivity index (χ3v) is 5.94. The number of halogens is 4. The van der Waals surface area contributed by atoms with E-state index in [9.17, 15) is 22.7 Å². The molecule has 35 heavy (non-hydrogen) atoms. The quantitative estimate of drug-likeness (QED) is 0.332. The molecule has 1 aromatic carbocycles. The maximum atomic E-state index is 14.6. The molecule has 0 saturated carbocycles. The number of rotatable bonds is 6. The van der Waals surface area contributed by atoms with E-state index in [4.69, 9.17) is 0 Å². The maximum absolute atomic E-state index is 14.6. The Morgan fingerprint density at radius 1 is 1.11 bits per heavy atom. The van der Waals surface area contributed by atoms with Crippen LogP contribution < -0.4 is 5.32 Å². The van der Waals surface area contributed by atoms with Gasteiger partial charge in [-0.2, -0.15) is 18.3 Å². The van der Waals surface area contributed by atoms with Gasteiger partial charge in [-0.1, -0.05) is 0 Å². The fraction of sp³-hybridized carbons (Fsp3) is 0.240. The Bertz CT molecular complexity index is 1410. The molecule has 10 heteroatoms. The largest absolute Gasteiger partial charge is 0.435 e. The zero-order chi connectivity index (χ0) is 24.7. The highest BCUT2D eigenvalue weighted by Gasteiger charge is 2.35. The molecule has 5 rings (SSSR count). The van der Waals surface area contributed by atoms with Crippen LogP contribution in [0, 0.1) is 5.82 Å². The number of pyridine rings is 2. The first-order valence-electron chi connectivity index (χ1n) is 11.1. The summed E-state index contributed by atoms with van der Waals surface area (Å²) >= 11 is 0. The molecular weight excluding hydrogens is 462 g/mol. The molecule has 0 radical (unpaired) electrons. The molecular formula is C25H21F4N5O. The van der Waals surface area contributed by atoms with E-state index in [1.165, 1.54) is 23.0 Å². The van der Waals surface area contributed by atoms with E-state index in [0.717, 1.165) is 17.2 Å². The highest BCUT2D eigenvalue weighted by molar-refractivity contribution is 5.91. The number of nitrogens with one attached hydrogen (secondary N) is 1. The lowest BCUT2D eigenvalue weighted by Crippen LogP contribution is -2.09. The van der Waals surface area contributed by atoms with Crippen molar-refractivity contribution < 1.29 is 22.7 Å². The molecule has 3 heterocycles. The molecule has 1 aliphatic rings. The minimum atomic E-state index is -4.62. The van der Waals surface area contributed by atoms with Gasteiger partial charge in [0.25, 0.3) is 0 Å². The third kappa shape index (κ3) is 4.14. The predicted molar refractivity (Wildman–Crippen MR) is 123 cm³/mol. The lowest BCUT2D eigenvalue weighted by atomic mass is 9.98. The number of hydrogen-bond acceptors (Lipinski definition) is 5. The molecule has 0 fully saturated rings. The Labute approximate surface area is 198 Å².